The Hall–Kier alpha value is -1.59. The molecule has 5 heteroatoms. The van der Waals surface area contributed by atoms with Crippen LogP contribution in [-0.2, 0) is 4.79 Å². The number of carbonyl (C=O) groups excluding carboxylic acids is 1. The van der Waals surface area contributed by atoms with Crippen molar-refractivity contribution < 1.29 is 4.79 Å². The van der Waals surface area contributed by atoms with Gasteiger partial charge in [0.05, 0.1) is 25.0 Å². The van der Waals surface area contributed by atoms with Crippen LogP contribution in [0.4, 0.5) is 0 Å². The van der Waals surface area contributed by atoms with Crippen LogP contribution in [0.3, 0.4) is 0 Å². The molecule has 0 aromatic heterocycles. The van der Waals surface area contributed by atoms with Gasteiger partial charge in [0, 0.05) is 19.5 Å². The molecule has 2 N–H and O–H groups in total. The summed E-state index contributed by atoms with van der Waals surface area (Å²) in [7, 11) is 0. The highest BCUT2D eigenvalue weighted by molar-refractivity contribution is 5.77. The van der Waals surface area contributed by atoms with Gasteiger partial charge in [-0.3, -0.25) is 4.79 Å². The summed E-state index contributed by atoms with van der Waals surface area (Å²) in [6.07, 6.45) is 6.61. The summed E-state index contributed by atoms with van der Waals surface area (Å²) in [5.74, 6) is 0.0443. The van der Waals surface area contributed by atoms with E-state index in [9.17, 15) is 4.79 Å². The summed E-state index contributed by atoms with van der Waals surface area (Å²) < 4.78 is 0. The molecule has 0 atom stereocenters. The molecular formula is C15H24N4O. The standard InChI is InChI=1S/C15H24N4O/c16-8-4-10-19(11-5-9-17)14(20)12-15(13-18)6-2-1-3-7-15/h1-7,10-13,18H2. The van der Waals surface area contributed by atoms with Gasteiger partial charge in [-0.05, 0) is 24.8 Å². The fourth-order valence-corrected chi connectivity index (χ4v) is 2.92. The van der Waals surface area contributed by atoms with Crippen molar-refractivity contribution in [3.05, 3.63) is 0 Å². The molecule has 0 saturated heterocycles. The number of nitriles is 2. The van der Waals surface area contributed by atoms with Crippen LogP contribution >= 0.6 is 0 Å². The smallest absolute Gasteiger partial charge is 0.223 e. The van der Waals surface area contributed by atoms with E-state index < -0.39 is 0 Å². The maximum atomic E-state index is 12.4. The van der Waals surface area contributed by atoms with Crippen LogP contribution in [0.5, 0.6) is 0 Å². The molecule has 110 valence electrons. The number of hydrogen-bond donors (Lipinski definition) is 1. The quantitative estimate of drug-likeness (QED) is 0.768. The Morgan fingerprint density at radius 2 is 1.65 bits per heavy atom. The molecule has 5 nitrogen and oxygen atoms in total. The molecule has 20 heavy (non-hydrogen) atoms. The third kappa shape index (κ3) is 4.83. The zero-order valence-electron chi connectivity index (χ0n) is 12.1. The molecule has 0 aromatic carbocycles. The van der Waals surface area contributed by atoms with Gasteiger partial charge in [-0.1, -0.05) is 19.3 Å². The predicted octanol–water partition coefficient (Wildman–Crippen LogP) is 1.94. The largest absolute Gasteiger partial charge is 0.341 e. The van der Waals surface area contributed by atoms with Crippen LogP contribution in [0.2, 0.25) is 0 Å². The van der Waals surface area contributed by atoms with Gasteiger partial charge < -0.3 is 10.6 Å². The van der Waals surface area contributed by atoms with E-state index in [0.717, 1.165) is 25.7 Å². The molecule has 0 bridgehead atoms. The van der Waals surface area contributed by atoms with Crippen LogP contribution in [0.25, 0.3) is 0 Å². The third-order valence-corrected chi connectivity index (χ3v) is 4.21. The monoisotopic (exact) mass is 276 g/mol. The van der Waals surface area contributed by atoms with E-state index in [4.69, 9.17) is 16.3 Å². The minimum Gasteiger partial charge on any atom is -0.341 e. The van der Waals surface area contributed by atoms with Crippen molar-refractivity contribution in [1.29, 1.82) is 10.5 Å². The molecule has 1 amide bonds. The average Bonchev–Trinajstić information content (AvgIpc) is 2.48. The lowest BCUT2D eigenvalue weighted by Gasteiger charge is -2.37. The summed E-state index contributed by atoms with van der Waals surface area (Å²) in [5, 5.41) is 17.3. The van der Waals surface area contributed by atoms with Gasteiger partial charge in [-0.2, -0.15) is 10.5 Å². The normalized spacial score (nSPS) is 16.9. The molecule has 0 heterocycles. The van der Waals surface area contributed by atoms with Crippen LogP contribution in [0, 0.1) is 28.1 Å². The number of rotatable bonds is 7. The molecule has 1 fully saturated rings. The first-order chi connectivity index (χ1) is 9.67. The van der Waals surface area contributed by atoms with E-state index in [2.05, 4.69) is 12.1 Å². The van der Waals surface area contributed by atoms with Gasteiger partial charge in [-0.25, -0.2) is 0 Å². The highest BCUT2D eigenvalue weighted by atomic mass is 16.2. The molecule has 0 unspecified atom stereocenters. The number of nitrogens with two attached hydrogens (primary N) is 1. The van der Waals surface area contributed by atoms with Gasteiger partial charge in [-0.15, -0.1) is 0 Å². The number of amides is 1. The van der Waals surface area contributed by atoms with E-state index in [0.29, 0.717) is 38.9 Å². The minimum atomic E-state index is -0.0626. The molecule has 0 aromatic rings. The van der Waals surface area contributed by atoms with E-state index >= 15 is 0 Å². The summed E-state index contributed by atoms with van der Waals surface area (Å²) in [6.45, 7) is 1.37. The van der Waals surface area contributed by atoms with Gasteiger partial charge in [0.15, 0.2) is 0 Å². The van der Waals surface area contributed by atoms with Gasteiger partial charge in [0.25, 0.3) is 0 Å². The van der Waals surface area contributed by atoms with Crippen LogP contribution in [-0.4, -0.2) is 30.4 Å². The van der Waals surface area contributed by atoms with Crippen molar-refractivity contribution in [3.63, 3.8) is 0 Å². The molecule has 1 aliphatic rings. The maximum absolute atomic E-state index is 12.4. The fraction of sp³-hybridized carbons (Fsp3) is 0.800. The first kappa shape index (κ1) is 16.5. The number of nitrogens with zero attached hydrogens (tertiary/aromatic N) is 3. The lowest BCUT2D eigenvalue weighted by molar-refractivity contribution is -0.134. The summed E-state index contributed by atoms with van der Waals surface area (Å²) in [5.41, 5.74) is 5.85. The molecule has 1 saturated carbocycles. The molecule has 1 aliphatic carbocycles. The van der Waals surface area contributed by atoms with Crippen molar-refractivity contribution in [2.75, 3.05) is 19.6 Å². The minimum absolute atomic E-state index is 0.0443. The van der Waals surface area contributed by atoms with E-state index in [1.165, 1.54) is 6.42 Å². The average molecular weight is 276 g/mol. The zero-order valence-corrected chi connectivity index (χ0v) is 12.1. The Labute approximate surface area is 121 Å². The Morgan fingerprint density at radius 3 is 2.10 bits per heavy atom. The highest BCUT2D eigenvalue weighted by Gasteiger charge is 2.34. The fourth-order valence-electron chi connectivity index (χ4n) is 2.92. The second kappa shape index (κ2) is 8.55. The van der Waals surface area contributed by atoms with E-state index in [-0.39, 0.29) is 11.3 Å². The van der Waals surface area contributed by atoms with E-state index in [1.54, 1.807) is 4.90 Å². The van der Waals surface area contributed by atoms with Crippen LogP contribution in [0.1, 0.15) is 51.4 Å². The van der Waals surface area contributed by atoms with Crippen molar-refractivity contribution in [3.8, 4) is 12.1 Å². The molecule has 0 spiro atoms. The lowest BCUT2D eigenvalue weighted by atomic mass is 9.71. The topological polar surface area (TPSA) is 93.9 Å². The zero-order chi connectivity index (χ0) is 14.8. The molecular weight excluding hydrogens is 252 g/mol. The number of hydrogen-bond acceptors (Lipinski definition) is 4. The Morgan fingerprint density at radius 1 is 1.10 bits per heavy atom. The third-order valence-electron chi connectivity index (χ3n) is 4.21. The second-order valence-corrected chi connectivity index (χ2v) is 5.64. The first-order valence-corrected chi connectivity index (χ1v) is 7.39. The lowest BCUT2D eigenvalue weighted by Crippen LogP contribution is -2.41. The molecule has 1 rings (SSSR count). The van der Waals surface area contributed by atoms with Gasteiger partial charge >= 0.3 is 0 Å². The summed E-state index contributed by atoms with van der Waals surface area (Å²) >= 11 is 0. The summed E-state index contributed by atoms with van der Waals surface area (Å²) in [4.78, 5) is 14.1. The number of carbonyl (C=O) groups is 1. The van der Waals surface area contributed by atoms with Gasteiger partial charge in [0.2, 0.25) is 5.91 Å². The maximum Gasteiger partial charge on any atom is 0.223 e. The van der Waals surface area contributed by atoms with Crippen molar-refractivity contribution >= 4 is 5.91 Å². The van der Waals surface area contributed by atoms with Crippen molar-refractivity contribution in [2.45, 2.75) is 51.4 Å². The van der Waals surface area contributed by atoms with Crippen LogP contribution < -0.4 is 5.73 Å². The van der Waals surface area contributed by atoms with Crippen molar-refractivity contribution in [1.82, 2.24) is 4.90 Å². The predicted molar refractivity (Wildman–Crippen MR) is 76.2 cm³/mol. The van der Waals surface area contributed by atoms with Gasteiger partial charge in [0.1, 0.15) is 0 Å². The second-order valence-electron chi connectivity index (χ2n) is 5.64. The molecule has 0 radical (unpaired) electrons. The van der Waals surface area contributed by atoms with Crippen molar-refractivity contribution in [2.24, 2.45) is 11.1 Å². The highest BCUT2D eigenvalue weighted by Crippen LogP contribution is 2.38. The SMILES string of the molecule is N#CCCN(CCC#N)C(=O)CC1(CN)CCCCC1. The summed E-state index contributed by atoms with van der Waals surface area (Å²) in [6, 6.07) is 4.11. The Kier molecular flexibility index (Phi) is 7.04. The Balaban J connectivity index is 2.63. The Bertz CT molecular complexity index is 370. The van der Waals surface area contributed by atoms with Crippen LogP contribution in [0.15, 0.2) is 0 Å². The molecule has 0 aliphatic heterocycles. The van der Waals surface area contributed by atoms with E-state index in [1.807, 2.05) is 0 Å². The first-order valence-electron chi connectivity index (χ1n) is 7.39.